The van der Waals surface area contributed by atoms with E-state index in [1.165, 1.54) is 6.26 Å². The molecule has 0 saturated heterocycles. The summed E-state index contributed by atoms with van der Waals surface area (Å²) in [6, 6.07) is 10.3. The molecule has 96 valence electrons. The van der Waals surface area contributed by atoms with Crippen molar-refractivity contribution in [1.82, 2.24) is 15.4 Å². The third-order valence-corrected chi connectivity index (χ3v) is 2.66. The lowest BCUT2D eigenvalue weighted by atomic mass is 10.2. The fourth-order valence-corrected chi connectivity index (χ4v) is 1.67. The molecule has 0 fully saturated rings. The first-order valence-corrected chi connectivity index (χ1v) is 5.85. The summed E-state index contributed by atoms with van der Waals surface area (Å²) in [5.74, 6) is 0.558. The molecule has 0 saturated carbocycles. The molecular formula is C13H12N4O2. The Kier molecular flexibility index (Phi) is 2.97. The van der Waals surface area contributed by atoms with Gasteiger partial charge in [-0.05, 0) is 12.5 Å². The van der Waals surface area contributed by atoms with Crippen molar-refractivity contribution in [1.29, 1.82) is 0 Å². The summed E-state index contributed by atoms with van der Waals surface area (Å²) in [6.07, 6.45) is 2.11. The maximum absolute atomic E-state index is 5.51. The maximum Gasteiger partial charge on any atom is 0.320 e. The molecule has 0 spiro atoms. The van der Waals surface area contributed by atoms with Crippen LogP contribution in [0, 0.1) is 6.92 Å². The van der Waals surface area contributed by atoms with Gasteiger partial charge in [0.1, 0.15) is 17.6 Å². The van der Waals surface area contributed by atoms with Gasteiger partial charge >= 0.3 is 6.01 Å². The lowest BCUT2D eigenvalue weighted by Crippen LogP contribution is -1.90. The van der Waals surface area contributed by atoms with Crippen molar-refractivity contribution in [2.75, 3.05) is 5.32 Å². The molecule has 0 aliphatic carbocycles. The Hall–Kier alpha value is -2.63. The lowest BCUT2D eigenvalue weighted by molar-refractivity contribution is 0.415. The normalized spacial score (nSPS) is 10.6. The topological polar surface area (TPSA) is 77.0 Å². The molecule has 3 rings (SSSR count). The molecule has 1 aromatic carbocycles. The molecule has 3 aromatic rings. The molecule has 0 aliphatic heterocycles. The molecule has 6 nitrogen and oxygen atoms in total. The lowest BCUT2D eigenvalue weighted by Gasteiger charge is -1.96. The molecular weight excluding hydrogens is 244 g/mol. The van der Waals surface area contributed by atoms with Crippen molar-refractivity contribution >= 4 is 11.7 Å². The Balaban J connectivity index is 1.72. The van der Waals surface area contributed by atoms with Gasteiger partial charge in [0, 0.05) is 0 Å². The Labute approximate surface area is 109 Å². The molecule has 0 radical (unpaired) electrons. The van der Waals surface area contributed by atoms with E-state index in [9.17, 15) is 0 Å². The largest absolute Gasteiger partial charge is 0.408 e. The highest BCUT2D eigenvalue weighted by Crippen LogP contribution is 2.19. The highest BCUT2D eigenvalue weighted by atomic mass is 16.5. The van der Waals surface area contributed by atoms with Crippen molar-refractivity contribution in [3.05, 3.63) is 53.7 Å². The van der Waals surface area contributed by atoms with Crippen LogP contribution in [0.4, 0.5) is 11.7 Å². The van der Waals surface area contributed by atoms with Crippen LogP contribution in [-0.4, -0.2) is 15.4 Å². The number of nitrogens with zero attached hydrogens (tertiary/aromatic N) is 3. The van der Waals surface area contributed by atoms with Crippen LogP contribution in [0.1, 0.15) is 17.1 Å². The Morgan fingerprint density at radius 3 is 2.74 bits per heavy atom. The first-order valence-electron chi connectivity index (χ1n) is 5.85. The molecule has 2 aromatic heterocycles. The molecule has 0 aliphatic rings. The van der Waals surface area contributed by atoms with E-state index in [2.05, 4.69) is 20.7 Å². The van der Waals surface area contributed by atoms with E-state index in [1.54, 1.807) is 0 Å². The molecule has 0 unspecified atom stereocenters. The fourth-order valence-electron chi connectivity index (χ4n) is 1.67. The second kappa shape index (κ2) is 4.93. The van der Waals surface area contributed by atoms with Gasteiger partial charge in [0.05, 0.1) is 6.42 Å². The van der Waals surface area contributed by atoms with Crippen molar-refractivity contribution < 1.29 is 8.94 Å². The smallest absolute Gasteiger partial charge is 0.320 e. The van der Waals surface area contributed by atoms with Gasteiger partial charge in [0.15, 0.2) is 0 Å². The number of hydrogen-bond acceptors (Lipinski definition) is 6. The van der Waals surface area contributed by atoms with Gasteiger partial charge in [0.2, 0.25) is 5.89 Å². The summed E-state index contributed by atoms with van der Waals surface area (Å²) in [7, 11) is 0. The number of nitrogens with one attached hydrogen (secondary N) is 1. The number of benzene rings is 1. The summed E-state index contributed by atoms with van der Waals surface area (Å²) in [4.78, 5) is 0. The molecule has 0 amide bonds. The highest BCUT2D eigenvalue weighted by molar-refractivity contribution is 5.52. The van der Waals surface area contributed by atoms with Gasteiger partial charge in [-0.25, -0.2) is 0 Å². The zero-order chi connectivity index (χ0) is 13.1. The first-order chi connectivity index (χ1) is 9.31. The summed E-state index contributed by atoms with van der Waals surface area (Å²) in [6.45, 7) is 1.83. The van der Waals surface area contributed by atoms with Crippen molar-refractivity contribution in [3.63, 3.8) is 0 Å². The standard InChI is InChI=1S/C13H12N4O2/c1-9-11(8-18-17-9)14-13-16-15-12(19-13)7-10-5-3-2-4-6-10/h2-6,8H,7H2,1H3,(H,14,16). The predicted molar refractivity (Wildman–Crippen MR) is 68.1 cm³/mol. The monoisotopic (exact) mass is 256 g/mol. The van der Waals surface area contributed by atoms with Gasteiger partial charge in [0.25, 0.3) is 0 Å². The summed E-state index contributed by atoms with van der Waals surface area (Å²) in [5, 5.41) is 14.6. The van der Waals surface area contributed by atoms with Crippen LogP contribution >= 0.6 is 0 Å². The maximum atomic E-state index is 5.51. The van der Waals surface area contributed by atoms with Crippen LogP contribution in [0.25, 0.3) is 0 Å². The average molecular weight is 256 g/mol. The van der Waals surface area contributed by atoms with Crippen molar-refractivity contribution in [2.45, 2.75) is 13.3 Å². The summed E-state index contributed by atoms with van der Waals surface area (Å²) in [5.41, 5.74) is 2.58. The van der Waals surface area contributed by atoms with Crippen LogP contribution in [0.2, 0.25) is 0 Å². The second-order valence-electron chi connectivity index (χ2n) is 4.10. The van der Waals surface area contributed by atoms with Crippen molar-refractivity contribution in [3.8, 4) is 0 Å². The summed E-state index contributed by atoms with van der Waals surface area (Å²) >= 11 is 0. The summed E-state index contributed by atoms with van der Waals surface area (Å²) < 4.78 is 10.3. The third-order valence-electron chi connectivity index (χ3n) is 2.66. The number of anilines is 2. The third kappa shape index (κ3) is 2.62. The number of rotatable bonds is 4. The highest BCUT2D eigenvalue weighted by Gasteiger charge is 2.09. The van der Waals surface area contributed by atoms with Crippen LogP contribution in [-0.2, 0) is 6.42 Å². The van der Waals surface area contributed by atoms with E-state index in [0.29, 0.717) is 18.3 Å². The fraction of sp³-hybridized carbons (Fsp3) is 0.154. The van der Waals surface area contributed by atoms with Crippen molar-refractivity contribution in [2.24, 2.45) is 0 Å². The SMILES string of the molecule is Cc1nocc1Nc1nnc(Cc2ccccc2)o1. The zero-order valence-electron chi connectivity index (χ0n) is 10.3. The quantitative estimate of drug-likeness (QED) is 0.773. The van der Waals surface area contributed by atoms with Crippen LogP contribution < -0.4 is 5.32 Å². The number of aryl methyl sites for hydroxylation is 1. The Morgan fingerprint density at radius 1 is 1.16 bits per heavy atom. The van der Waals surface area contributed by atoms with Crippen LogP contribution in [0.3, 0.4) is 0 Å². The Morgan fingerprint density at radius 2 is 2.00 bits per heavy atom. The second-order valence-corrected chi connectivity index (χ2v) is 4.10. The Bertz CT molecular complexity index is 660. The van der Waals surface area contributed by atoms with Crippen LogP contribution in [0.15, 0.2) is 45.5 Å². The van der Waals surface area contributed by atoms with E-state index in [0.717, 1.165) is 16.9 Å². The van der Waals surface area contributed by atoms with E-state index in [4.69, 9.17) is 8.94 Å². The average Bonchev–Trinajstić information content (AvgIpc) is 3.02. The molecule has 1 N–H and O–H groups in total. The molecule has 0 atom stereocenters. The predicted octanol–water partition coefficient (Wildman–Crippen LogP) is 2.70. The molecule has 2 heterocycles. The molecule has 19 heavy (non-hydrogen) atoms. The first kappa shape index (κ1) is 11.5. The minimum atomic E-state index is 0.331. The number of hydrogen-bond donors (Lipinski definition) is 1. The van der Waals surface area contributed by atoms with Crippen LogP contribution in [0.5, 0.6) is 0 Å². The van der Waals surface area contributed by atoms with E-state index in [-0.39, 0.29) is 0 Å². The number of aromatic nitrogens is 3. The van der Waals surface area contributed by atoms with Gasteiger partial charge < -0.3 is 14.3 Å². The van der Waals surface area contributed by atoms with Gasteiger partial charge in [-0.2, -0.15) is 0 Å². The van der Waals surface area contributed by atoms with Gasteiger partial charge in [-0.1, -0.05) is 40.6 Å². The molecule has 6 heteroatoms. The van der Waals surface area contributed by atoms with Gasteiger partial charge in [-0.3, -0.25) is 0 Å². The van der Waals surface area contributed by atoms with E-state index in [1.807, 2.05) is 37.3 Å². The van der Waals surface area contributed by atoms with Gasteiger partial charge in [-0.15, -0.1) is 5.10 Å². The zero-order valence-corrected chi connectivity index (χ0v) is 10.3. The molecule has 0 bridgehead atoms. The minimum absolute atomic E-state index is 0.331. The van der Waals surface area contributed by atoms with E-state index >= 15 is 0 Å². The minimum Gasteiger partial charge on any atom is -0.408 e. The van der Waals surface area contributed by atoms with E-state index < -0.39 is 0 Å².